The van der Waals surface area contributed by atoms with Crippen LogP contribution in [0.15, 0.2) is 22.7 Å². The maximum absolute atomic E-state index is 12.9. The Kier molecular flexibility index (Phi) is 3.52. The second-order valence-electron chi connectivity index (χ2n) is 4.13. The van der Waals surface area contributed by atoms with Gasteiger partial charge in [0.2, 0.25) is 0 Å². The first-order chi connectivity index (χ1) is 6.38. The van der Waals surface area contributed by atoms with Crippen LogP contribution in [0.3, 0.4) is 0 Å². The van der Waals surface area contributed by atoms with Crippen LogP contribution in [-0.2, 0) is 0 Å². The van der Waals surface area contributed by atoms with Crippen LogP contribution in [0.1, 0.15) is 5.56 Å². The molecular formula is C11H12BrFSi. The maximum Gasteiger partial charge on any atom is 0.137 e. The lowest BCUT2D eigenvalue weighted by Crippen LogP contribution is -2.16. The third-order valence-corrected chi connectivity index (χ3v) is 2.98. The highest BCUT2D eigenvalue weighted by molar-refractivity contribution is 9.10. The summed E-state index contributed by atoms with van der Waals surface area (Å²) in [5.41, 5.74) is 4.09. The van der Waals surface area contributed by atoms with E-state index in [-0.39, 0.29) is 5.82 Å². The molecule has 1 aromatic carbocycles. The molecule has 0 fully saturated rings. The first-order valence-corrected chi connectivity index (χ1v) is 8.66. The van der Waals surface area contributed by atoms with Crippen LogP contribution < -0.4 is 0 Å². The van der Waals surface area contributed by atoms with Crippen LogP contribution in [0.5, 0.6) is 0 Å². The Balaban J connectivity index is 2.98. The van der Waals surface area contributed by atoms with Crippen LogP contribution in [0.25, 0.3) is 0 Å². The van der Waals surface area contributed by atoms with E-state index in [4.69, 9.17) is 0 Å². The van der Waals surface area contributed by atoms with Crippen molar-refractivity contribution in [1.82, 2.24) is 0 Å². The summed E-state index contributed by atoms with van der Waals surface area (Å²) in [5.74, 6) is 2.82. The fourth-order valence-electron chi connectivity index (χ4n) is 0.834. The summed E-state index contributed by atoms with van der Waals surface area (Å²) in [4.78, 5) is 0. The molecule has 0 N–H and O–H groups in total. The molecule has 0 bridgehead atoms. The summed E-state index contributed by atoms with van der Waals surface area (Å²) in [5, 5.41) is 0. The highest BCUT2D eigenvalue weighted by Gasteiger charge is 2.07. The third-order valence-electron chi connectivity index (χ3n) is 1.50. The summed E-state index contributed by atoms with van der Waals surface area (Å²) in [7, 11) is -1.34. The summed E-state index contributed by atoms with van der Waals surface area (Å²) >= 11 is 3.14. The smallest absolute Gasteiger partial charge is 0.137 e. The zero-order valence-corrected chi connectivity index (χ0v) is 11.1. The van der Waals surface area contributed by atoms with E-state index < -0.39 is 8.07 Å². The van der Waals surface area contributed by atoms with Crippen molar-refractivity contribution in [3.05, 3.63) is 34.1 Å². The molecule has 0 aliphatic carbocycles. The molecule has 0 atom stereocenters. The first kappa shape index (κ1) is 11.5. The Morgan fingerprint density at radius 2 is 1.93 bits per heavy atom. The van der Waals surface area contributed by atoms with Crippen molar-refractivity contribution in [2.45, 2.75) is 19.6 Å². The number of rotatable bonds is 0. The van der Waals surface area contributed by atoms with Gasteiger partial charge in [0.1, 0.15) is 13.9 Å². The highest BCUT2D eigenvalue weighted by atomic mass is 79.9. The molecule has 0 aliphatic heterocycles. The Hall–Kier alpha value is -0.593. The van der Waals surface area contributed by atoms with Gasteiger partial charge in [-0.05, 0) is 34.1 Å². The predicted octanol–water partition coefficient (Wildman–Crippen LogP) is 3.82. The van der Waals surface area contributed by atoms with Gasteiger partial charge in [-0.15, -0.1) is 5.54 Å². The minimum absolute atomic E-state index is 0.247. The van der Waals surface area contributed by atoms with Gasteiger partial charge in [-0.2, -0.15) is 0 Å². The molecule has 0 heterocycles. The molecule has 1 rings (SSSR count). The molecule has 0 unspecified atom stereocenters. The van der Waals surface area contributed by atoms with E-state index in [0.717, 1.165) is 5.56 Å². The van der Waals surface area contributed by atoms with E-state index in [2.05, 4.69) is 47.0 Å². The number of hydrogen-bond donors (Lipinski definition) is 0. The van der Waals surface area contributed by atoms with E-state index in [1.165, 1.54) is 6.07 Å². The third kappa shape index (κ3) is 3.65. The Bertz CT molecular complexity index is 396. The van der Waals surface area contributed by atoms with Gasteiger partial charge in [0.15, 0.2) is 0 Å². The second kappa shape index (κ2) is 4.29. The summed E-state index contributed by atoms with van der Waals surface area (Å²) < 4.78 is 13.4. The number of benzene rings is 1. The average Bonchev–Trinajstić information content (AvgIpc) is 2.06. The van der Waals surface area contributed by atoms with Crippen molar-refractivity contribution < 1.29 is 4.39 Å². The van der Waals surface area contributed by atoms with E-state index in [1.54, 1.807) is 12.1 Å². The monoisotopic (exact) mass is 270 g/mol. The predicted molar refractivity (Wildman–Crippen MR) is 64.3 cm³/mol. The van der Waals surface area contributed by atoms with Crippen molar-refractivity contribution in [3.63, 3.8) is 0 Å². The van der Waals surface area contributed by atoms with Crippen LogP contribution >= 0.6 is 15.9 Å². The Morgan fingerprint density at radius 1 is 1.29 bits per heavy atom. The fourth-order valence-corrected chi connectivity index (χ4v) is 1.73. The minimum Gasteiger partial charge on any atom is -0.206 e. The molecule has 0 nitrogen and oxygen atoms in total. The quantitative estimate of drug-likeness (QED) is 0.497. The van der Waals surface area contributed by atoms with Gasteiger partial charge in [-0.25, -0.2) is 4.39 Å². The zero-order valence-electron chi connectivity index (χ0n) is 8.49. The van der Waals surface area contributed by atoms with E-state index in [1.807, 2.05) is 0 Å². The lowest BCUT2D eigenvalue weighted by molar-refractivity contribution is 0.621. The van der Waals surface area contributed by atoms with Gasteiger partial charge in [0.05, 0.1) is 4.47 Å². The summed E-state index contributed by atoms with van der Waals surface area (Å²) in [6.45, 7) is 6.54. The van der Waals surface area contributed by atoms with Crippen molar-refractivity contribution in [2.75, 3.05) is 0 Å². The SMILES string of the molecule is C[Si](C)(C)C#Cc1ccc(F)c(Br)c1. The van der Waals surface area contributed by atoms with Crippen LogP contribution in [0.2, 0.25) is 19.6 Å². The number of hydrogen-bond acceptors (Lipinski definition) is 0. The standard InChI is InChI=1S/C11H12BrFSi/c1-14(2,3)7-6-9-4-5-11(13)10(12)8-9/h4-5,8H,1-3H3. The second-order valence-corrected chi connectivity index (χ2v) is 9.73. The zero-order chi connectivity index (χ0) is 10.8. The van der Waals surface area contributed by atoms with Crippen molar-refractivity contribution >= 4 is 24.0 Å². The van der Waals surface area contributed by atoms with Gasteiger partial charge in [-0.1, -0.05) is 25.6 Å². The fraction of sp³-hybridized carbons (Fsp3) is 0.273. The summed E-state index contributed by atoms with van der Waals surface area (Å²) in [6, 6.07) is 4.84. The molecule has 14 heavy (non-hydrogen) atoms. The van der Waals surface area contributed by atoms with Crippen LogP contribution in [0, 0.1) is 17.3 Å². The average molecular weight is 271 g/mol. The molecule has 3 heteroatoms. The maximum atomic E-state index is 12.9. The largest absolute Gasteiger partial charge is 0.206 e. The van der Waals surface area contributed by atoms with Crippen molar-refractivity contribution in [2.24, 2.45) is 0 Å². The minimum atomic E-state index is -1.34. The Morgan fingerprint density at radius 3 is 2.43 bits per heavy atom. The topological polar surface area (TPSA) is 0 Å². The van der Waals surface area contributed by atoms with Crippen LogP contribution in [-0.4, -0.2) is 8.07 Å². The molecule has 1 aromatic rings. The van der Waals surface area contributed by atoms with E-state index in [0.29, 0.717) is 4.47 Å². The summed E-state index contributed by atoms with van der Waals surface area (Å²) in [6.07, 6.45) is 0. The van der Waals surface area contributed by atoms with Gasteiger partial charge in [0, 0.05) is 5.56 Å². The van der Waals surface area contributed by atoms with Gasteiger partial charge < -0.3 is 0 Å². The molecule has 0 saturated heterocycles. The molecule has 74 valence electrons. The van der Waals surface area contributed by atoms with E-state index >= 15 is 0 Å². The molecule has 0 amide bonds. The lowest BCUT2D eigenvalue weighted by Gasteiger charge is -2.03. The van der Waals surface area contributed by atoms with Gasteiger partial charge in [-0.3, -0.25) is 0 Å². The Labute approximate surface area is 93.7 Å². The molecular weight excluding hydrogens is 259 g/mol. The van der Waals surface area contributed by atoms with Gasteiger partial charge >= 0.3 is 0 Å². The molecule has 0 aromatic heterocycles. The first-order valence-electron chi connectivity index (χ1n) is 4.37. The molecule has 0 radical (unpaired) electrons. The highest BCUT2D eigenvalue weighted by Crippen LogP contribution is 2.16. The molecule has 0 saturated carbocycles. The molecule has 0 aliphatic rings. The number of halogens is 2. The van der Waals surface area contributed by atoms with Gasteiger partial charge in [0.25, 0.3) is 0 Å². The van der Waals surface area contributed by atoms with Crippen molar-refractivity contribution in [3.8, 4) is 11.5 Å². The lowest BCUT2D eigenvalue weighted by atomic mass is 10.2. The molecule has 0 spiro atoms. The van der Waals surface area contributed by atoms with Crippen LogP contribution in [0.4, 0.5) is 4.39 Å². The van der Waals surface area contributed by atoms with Crippen molar-refractivity contribution in [1.29, 1.82) is 0 Å². The van der Waals surface area contributed by atoms with E-state index in [9.17, 15) is 4.39 Å². The normalized spacial score (nSPS) is 10.6.